The molecule has 1 saturated heterocycles. The fourth-order valence-electron chi connectivity index (χ4n) is 3.25. The molecule has 1 aromatic heterocycles. The van der Waals surface area contributed by atoms with Gasteiger partial charge in [-0.3, -0.25) is 14.3 Å². The first-order chi connectivity index (χ1) is 11.4. The molecule has 0 unspecified atom stereocenters. The monoisotopic (exact) mass is 347 g/mol. The van der Waals surface area contributed by atoms with Gasteiger partial charge in [0.05, 0.1) is 17.2 Å². The van der Waals surface area contributed by atoms with E-state index in [2.05, 4.69) is 5.10 Å². The van der Waals surface area contributed by atoms with Crippen LogP contribution in [0.5, 0.6) is 0 Å². The first-order valence-electron chi connectivity index (χ1n) is 7.64. The lowest BCUT2D eigenvalue weighted by molar-refractivity contribution is -0.141. The van der Waals surface area contributed by atoms with E-state index in [9.17, 15) is 14.7 Å². The maximum Gasteiger partial charge on any atom is 0.308 e. The Kier molecular flexibility index (Phi) is 4.32. The van der Waals surface area contributed by atoms with Crippen molar-refractivity contribution in [3.05, 3.63) is 52.3 Å². The van der Waals surface area contributed by atoms with Gasteiger partial charge in [-0.1, -0.05) is 23.7 Å². The number of carboxylic acids is 1. The van der Waals surface area contributed by atoms with E-state index in [0.717, 1.165) is 5.56 Å². The lowest BCUT2D eigenvalue weighted by Crippen LogP contribution is -2.30. The highest BCUT2D eigenvalue weighted by molar-refractivity contribution is 6.30. The van der Waals surface area contributed by atoms with Crippen LogP contribution < -0.4 is 0 Å². The van der Waals surface area contributed by atoms with E-state index in [1.807, 2.05) is 12.1 Å². The van der Waals surface area contributed by atoms with Crippen LogP contribution in [0.4, 0.5) is 0 Å². The molecule has 1 aromatic carbocycles. The van der Waals surface area contributed by atoms with Gasteiger partial charge >= 0.3 is 5.97 Å². The average Bonchev–Trinajstić information content (AvgIpc) is 3.11. The zero-order valence-corrected chi connectivity index (χ0v) is 14.2. The largest absolute Gasteiger partial charge is 0.481 e. The molecule has 0 spiro atoms. The van der Waals surface area contributed by atoms with Crippen molar-refractivity contribution in [1.82, 2.24) is 14.7 Å². The summed E-state index contributed by atoms with van der Waals surface area (Å²) < 4.78 is 1.59. The maximum absolute atomic E-state index is 12.7. The Balaban J connectivity index is 1.87. The molecular weight excluding hydrogens is 330 g/mol. The molecular formula is C17H18ClN3O3. The van der Waals surface area contributed by atoms with Crippen LogP contribution >= 0.6 is 11.6 Å². The molecule has 6 nitrogen and oxygen atoms in total. The minimum Gasteiger partial charge on any atom is -0.481 e. The van der Waals surface area contributed by atoms with Gasteiger partial charge < -0.3 is 10.0 Å². The van der Waals surface area contributed by atoms with Crippen LogP contribution in [0.25, 0.3) is 0 Å². The van der Waals surface area contributed by atoms with E-state index in [4.69, 9.17) is 11.6 Å². The molecule has 2 atom stereocenters. The van der Waals surface area contributed by atoms with Gasteiger partial charge in [-0.25, -0.2) is 0 Å². The van der Waals surface area contributed by atoms with E-state index >= 15 is 0 Å². The van der Waals surface area contributed by atoms with Crippen LogP contribution in [-0.4, -0.2) is 44.8 Å². The second-order valence-corrected chi connectivity index (χ2v) is 6.55. The Hall–Kier alpha value is -2.34. The van der Waals surface area contributed by atoms with Crippen molar-refractivity contribution in [3.63, 3.8) is 0 Å². The average molecular weight is 348 g/mol. The number of aryl methyl sites for hydroxylation is 2. The molecule has 1 aliphatic rings. The van der Waals surface area contributed by atoms with Crippen LogP contribution in [0.3, 0.4) is 0 Å². The molecule has 1 N–H and O–H groups in total. The van der Waals surface area contributed by atoms with Crippen molar-refractivity contribution in [2.24, 2.45) is 13.0 Å². The highest BCUT2D eigenvalue weighted by Gasteiger charge is 2.41. The summed E-state index contributed by atoms with van der Waals surface area (Å²) in [4.78, 5) is 26.0. The fraction of sp³-hybridized carbons (Fsp3) is 0.353. The van der Waals surface area contributed by atoms with E-state index < -0.39 is 11.9 Å². The molecule has 3 rings (SSSR count). The molecule has 2 heterocycles. The third kappa shape index (κ3) is 3.01. The van der Waals surface area contributed by atoms with Crippen LogP contribution in [-0.2, 0) is 11.8 Å². The van der Waals surface area contributed by atoms with E-state index in [0.29, 0.717) is 22.8 Å². The molecule has 2 aromatic rings. The summed E-state index contributed by atoms with van der Waals surface area (Å²) in [6.07, 6.45) is 1.67. The van der Waals surface area contributed by atoms with Gasteiger partial charge in [0.1, 0.15) is 0 Å². The number of nitrogens with zero attached hydrogens (tertiary/aromatic N) is 3. The number of aromatic nitrogens is 2. The Labute approximate surface area is 144 Å². The number of carbonyl (C=O) groups excluding carboxylic acids is 1. The topological polar surface area (TPSA) is 75.4 Å². The lowest BCUT2D eigenvalue weighted by atomic mass is 9.89. The smallest absolute Gasteiger partial charge is 0.308 e. The van der Waals surface area contributed by atoms with Gasteiger partial charge in [0.2, 0.25) is 0 Å². The summed E-state index contributed by atoms with van der Waals surface area (Å²) in [7, 11) is 1.75. The number of amides is 1. The number of likely N-dealkylation sites (tertiary alicyclic amines) is 1. The quantitative estimate of drug-likeness (QED) is 0.924. The molecule has 1 aliphatic heterocycles. The fourth-order valence-corrected chi connectivity index (χ4v) is 3.37. The number of aliphatic carboxylic acids is 1. The second kappa shape index (κ2) is 6.28. The number of hydrogen-bond donors (Lipinski definition) is 1. The highest BCUT2D eigenvalue weighted by Crippen LogP contribution is 2.34. The Morgan fingerprint density at radius 3 is 2.46 bits per heavy atom. The van der Waals surface area contributed by atoms with E-state index in [-0.39, 0.29) is 18.4 Å². The zero-order chi connectivity index (χ0) is 17.4. The predicted octanol–water partition coefficient (Wildman–Crippen LogP) is 2.32. The molecule has 7 heteroatoms. The van der Waals surface area contributed by atoms with Gasteiger partial charge in [0, 0.05) is 37.3 Å². The van der Waals surface area contributed by atoms with Crippen molar-refractivity contribution in [1.29, 1.82) is 0 Å². The highest BCUT2D eigenvalue weighted by atomic mass is 35.5. The Bertz CT molecular complexity index is 785. The number of benzene rings is 1. The summed E-state index contributed by atoms with van der Waals surface area (Å²) in [6.45, 7) is 2.33. The summed E-state index contributed by atoms with van der Waals surface area (Å²) >= 11 is 5.91. The predicted molar refractivity (Wildman–Crippen MR) is 89.2 cm³/mol. The summed E-state index contributed by atoms with van der Waals surface area (Å²) in [5, 5.41) is 14.3. The number of carboxylic acid groups (broad SMARTS) is 1. The van der Waals surface area contributed by atoms with E-state index in [1.165, 1.54) is 0 Å². The van der Waals surface area contributed by atoms with Crippen LogP contribution in [0, 0.1) is 12.8 Å². The standard InChI is InChI=1S/C17H18ClN3O3/c1-10-13(7-20(2)19-10)16(22)21-8-14(15(9-21)17(23)24)11-3-5-12(18)6-4-11/h3-7,14-15H,8-9H2,1-2H3,(H,23,24)/t14-,15+/m0/s1. The molecule has 0 radical (unpaired) electrons. The van der Waals surface area contributed by atoms with Gasteiger partial charge in [-0.05, 0) is 24.6 Å². The van der Waals surface area contributed by atoms with Gasteiger partial charge in [-0.15, -0.1) is 0 Å². The molecule has 24 heavy (non-hydrogen) atoms. The van der Waals surface area contributed by atoms with Crippen molar-refractivity contribution in [3.8, 4) is 0 Å². The molecule has 0 bridgehead atoms. The Morgan fingerprint density at radius 2 is 1.92 bits per heavy atom. The van der Waals surface area contributed by atoms with Gasteiger partial charge in [0.25, 0.3) is 5.91 Å². The minimum absolute atomic E-state index is 0.177. The number of hydrogen-bond acceptors (Lipinski definition) is 3. The summed E-state index contributed by atoms with van der Waals surface area (Å²) in [5.41, 5.74) is 2.03. The van der Waals surface area contributed by atoms with Crippen molar-refractivity contribution in [2.75, 3.05) is 13.1 Å². The van der Waals surface area contributed by atoms with Gasteiger partial charge in [0.15, 0.2) is 0 Å². The van der Waals surface area contributed by atoms with Crippen LogP contribution in [0.15, 0.2) is 30.5 Å². The SMILES string of the molecule is Cc1nn(C)cc1C(=O)N1C[C@@H](C(=O)O)[C@H](c2ccc(Cl)cc2)C1. The van der Waals surface area contributed by atoms with E-state index in [1.54, 1.807) is 41.9 Å². The number of rotatable bonds is 3. The molecule has 1 amide bonds. The first-order valence-corrected chi connectivity index (χ1v) is 8.02. The zero-order valence-electron chi connectivity index (χ0n) is 13.4. The number of carbonyl (C=O) groups is 2. The second-order valence-electron chi connectivity index (χ2n) is 6.11. The third-order valence-corrected chi connectivity index (χ3v) is 4.72. The normalized spacial score (nSPS) is 20.4. The van der Waals surface area contributed by atoms with Crippen molar-refractivity contribution < 1.29 is 14.7 Å². The van der Waals surface area contributed by atoms with Gasteiger partial charge in [-0.2, -0.15) is 5.10 Å². The van der Waals surface area contributed by atoms with Crippen molar-refractivity contribution >= 4 is 23.5 Å². The minimum atomic E-state index is -0.895. The Morgan fingerprint density at radius 1 is 1.25 bits per heavy atom. The lowest BCUT2D eigenvalue weighted by Gasteiger charge is -2.16. The third-order valence-electron chi connectivity index (χ3n) is 4.47. The number of halogens is 1. The summed E-state index contributed by atoms with van der Waals surface area (Å²) in [5.74, 6) is -1.95. The molecule has 1 fully saturated rings. The molecule has 0 saturated carbocycles. The van der Waals surface area contributed by atoms with Crippen LogP contribution in [0.2, 0.25) is 5.02 Å². The van der Waals surface area contributed by atoms with Crippen molar-refractivity contribution in [2.45, 2.75) is 12.8 Å². The first kappa shape index (κ1) is 16.5. The molecule has 0 aliphatic carbocycles. The van der Waals surface area contributed by atoms with Crippen LogP contribution in [0.1, 0.15) is 27.5 Å². The summed E-state index contributed by atoms with van der Waals surface area (Å²) in [6, 6.07) is 7.13. The molecule has 126 valence electrons. The maximum atomic E-state index is 12.7.